The molecule has 1 N–H and O–H groups in total. The van der Waals surface area contributed by atoms with Gasteiger partial charge in [0, 0.05) is 12.6 Å². The molecule has 18 heavy (non-hydrogen) atoms. The molecule has 0 saturated heterocycles. The van der Waals surface area contributed by atoms with Crippen LogP contribution < -0.4 is 4.74 Å². The Balaban J connectivity index is 2.15. The third-order valence-corrected chi connectivity index (χ3v) is 2.64. The molecule has 5 nitrogen and oxygen atoms in total. The van der Waals surface area contributed by atoms with Crippen LogP contribution in [0.3, 0.4) is 0 Å². The van der Waals surface area contributed by atoms with Gasteiger partial charge in [0.15, 0.2) is 0 Å². The monoisotopic (exact) mass is 247 g/mol. The van der Waals surface area contributed by atoms with E-state index in [1.165, 1.54) is 0 Å². The summed E-state index contributed by atoms with van der Waals surface area (Å²) in [6.07, 6.45) is 1.25. The van der Waals surface area contributed by atoms with Crippen LogP contribution in [0, 0.1) is 6.92 Å². The quantitative estimate of drug-likeness (QED) is 0.894. The van der Waals surface area contributed by atoms with Gasteiger partial charge in [-0.15, -0.1) is 5.10 Å². The van der Waals surface area contributed by atoms with Gasteiger partial charge in [0.05, 0.1) is 12.3 Å². The molecule has 0 radical (unpaired) electrons. The van der Waals surface area contributed by atoms with Crippen LogP contribution in [0.1, 0.15) is 29.8 Å². The lowest BCUT2D eigenvalue weighted by molar-refractivity contribution is 0.190. The van der Waals surface area contributed by atoms with E-state index in [9.17, 15) is 5.11 Å². The van der Waals surface area contributed by atoms with Crippen LogP contribution in [0.4, 0.5) is 0 Å². The summed E-state index contributed by atoms with van der Waals surface area (Å²) in [4.78, 5) is 0. The van der Waals surface area contributed by atoms with E-state index in [1.807, 2.05) is 32.2 Å². The first-order valence-corrected chi connectivity index (χ1v) is 5.83. The summed E-state index contributed by atoms with van der Waals surface area (Å²) < 4.78 is 7.33. The highest BCUT2D eigenvalue weighted by molar-refractivity contribution is 5.38. The van der Waals surface area contributed by atoms with E-state index in [1.54, 1.807) is 17.8 Å². The molecule has 0 spiro atoms. The predicted molar refractivity (Wildman–Crippen MR) is 67.1 cm³/mol. The van der Waals surface area contributed by atoms with Crippen molar-refractivity contribution in [3.05, 3.63) is 41.2 Å². The van der Waals surface area contributed by atoms with Crippen LogP contribution in [0.5, 0.6) is 5.75 Å². The summed E-state index contributed by atoms with van der Waals surface area (Å²) in [5.41, 5.74) is 2.63. The molecule has 0 aliphatic carbocycles. The maximum atomic E-state index is 9.68. The van der Waals surface area contributed by atoms with Crippen molar-refractivity contribution in [2.75, 3.05) is 0 Å². The largest absolute Gasteiger partial charge is 0.487 e. The average Bonchev–Trinajstić information content (AvgIpc) is 2.72. The van der Waals surface area contributed by atoms with Crippen molar-refractivity contribution >= 4 is 0 Å². The van der Waals surface area contributed by atoms with Gasteiger partial charge >= 0.3 is 0 Å². The second-order valence-corrected chi connectivity index (χ2v) is 4.39. The maximum Gasteiger partial charge on any atom is 0.134 e. The Morgan fingerprint density at radius 2 is 2.22 bits per heavy atom. The molecular weight excluding hydrogens is 230 g/mol. The molecule has 0 unspecified atom stereocenters. The van der Waals surface area contributed by atoms with Gasteiger partial charge in [-0.05, 0) is 25.5 Å². The highest BCUT2D eigenvalue weighted by Crippen LogP contribution is 2.26. The summed E-state index contributed by atoms with van der Waals surface area (Å²) in [6, 6.07) is 5.75. The van der Waals surface area contributed by atoms with Gasteiger partial charge in [0.2, 0.25) is 0 Å². The third kappa shape index (κ3) is 2.87. The summed E-state index contributed by atoms with van der Waals surface area (Å²) in [5, 5.41) is 17.5. The minimum Gasteiger partial charge on any atom is -0.487 e. The van der Waals surface area contributed by atoms with E-state index >= 15 is 0 Å². The van der Waals surface area contributed by atoms with Crippen LogP contribution in [0.15, 0.2) is 24.4 Å². The van der Waals surface area contributed by atoms with Crippen LogP contribution in [-0.2, 0) is 13.7 Å². The fourth-order valence-corrected chi connectivity index (χ4v) is 1.72. The molecule has 1 aromatic heterocycles. The van der Waals surface area contributed by atoms with E-state index in [0.717, 1.165) is 16.8 Å². The molecule has 1 atom stereocenters. The number of aliphatic hydroxyl groups excluding tert-OH is 1. The number of aromatic nitrogens is 3. The molecule has 1 heterocycles. The maximum absolute atomic E-state index is 9.68. The Morgan fingerprint density at radius 3 is 2.83 bits per heavy atom. The molecule has 0 saturated carbocycles. The van der Waals surface area contributed by atoms with Crippen molar-refractivity contribution < 1.29 is 9.84 Å². The number of benzene rings is 1. The minimum atomic E-state index is -0.553. The molecule has 2 rings (SSSR count). The first-order chi connectivity index (χ1) is 8.56. The number of aryl methyl sites for hydroxylation is 2. The standard InChI is InChI=1S/C13H17N3O2/c1-9-4-5-12(10(2)17)13(6-9)18-8-11-7-16(3)15-14-11/h4-7,10,17H,8H2,1-3H3/t10-/m0/s1. The molecule has 1 aromatic carbocycles. The molecule has 2 aromatic rings. The van der Waals surface area contributed by atoms with Crippen LogP contribution in [0.25, 0.3) is 0 Å². The molecular formula is C13H17N3O2. The molecule has 5 heteroatoms. The van der Waals surface area contributed by atoms with Crippen molar-refractivity contribution in [1.29, 1.82) is 0 Å². The van der Waals surface area contributed by atoms with E-state index in [-0.39, 0.29) is 0 Å². The Hall–Kier alpha value is -1.88. The van der Waals surface area contributed by atoms with Crippen molar-refractivity contribution in [3.8, 4) is 5.75 Å². The molecule has 0 bridgehead atoms. The Kier molecular flexibility index (Phi) is 3.62. The van der Waals surface area contributed by atoms with Gasteiger partial charge in [-0.1, -0.05) is 17.3 Å². The van der Waals surface area contributed by atoms with Crippen LogP contribution >= 0.6 is 0 Å². The second kappa shape index (κ2) is 5.18. The number of nitrogens with zero attached hydrogens (tertiary/aromatic N) is 3. The average molecular weight is 247 g/mol. The van der Waals surface area contributed by atoms with E-state index < -0.39 is 6.10 Å². The summed E-state index contributed by atoms with van der Waals surface area (Å²) in [6.45, 7) is 4.05. The van der Waals surface area contributed by atoms with E-state index in [4.69, 9.17) is 4.74 Å². The molecule has 0 fully saturated rings. The molecule has 0 aliphatic heterocycles. The van der Waals surface area contributed by atoms with Gasteiger partial charge in [-0.2, -0.15) is 0 Å². The number of aliphatic hydroxyl groups is 1. The molecule has 0 aliphatic rings. The Bertz CT molecular complexity index is 535. The minimum absolute atomic E-state index is 0.344. The topological polar surface area (TPSA) is 60.2 Å². The SMILES string of the molecule is Cc1ccc([C@H](C)O)c(OCc2cn(C)nn2)c1. The van der Waals surface area contributed by atoms with E-state index in [0.29, 0.717) is 12.4 Å². The third-order valence-electron chi connectivity index (χ3n) is 2.64. The van der Waals surface area contributed by atoms with Gasteiger partial charge in [-0.3, -0.25) is 4.68 Å². The lowest BCUT2D eigenvalue weighted by atomic mass is 10.1. The zero-order valence-corrected chi connectivity index (χ0v) is 10.8. The number of rotatable bonds is 4. The lowest BCUT2D eigenvalue weighted by Crippen LogP contribution is -2.01. The Labute approximate surface area is 106 Å². The Morgan fingerprint density at radius 1 is 1.44 bits per heavy atom. The first kappa shape index (κ1) is 12.6. The summed E-state index contributed by atoms with van der Waals surface area (Å²) in [5.74, 6) is 0.690. The fourth-order valence-electron chi connectivity index (χ4n) is 1.72. The van der Waals surface area contributed by atoms with Crippen molar-refractivity contribution in [1.82, 2.24) is 15.0 Å². The highest BCUT2D eigenvalue weighted by Gasteiger charge is 2.10. The zero-order valence-electron chi connectivity index (χ0n) is 10.8. The van der Waals surface area contributed by atoms with Gasteiger partial charge in [0.1, 0.15) is 18.1 Å². The number of ether oxygens (including phenoxy) is 1. The van der Waals surface area contributed by atoms with Crippen molar-refractivity contribution in [2.24, 2.45) is 7.05 Å². The van der Waals surface area contributed by atoms with Crippen molar-refractivity contribution in [3.63, 3.8) is 0 Å². The van der Waals surface area contributed by atoms with Crippen LogP contribution in [-0.4, -0.2) is 20.1 Å². The summed E-state index contributed by atoms with van der Waals surface area (Å²) in [7, 11) is 1.81. The van der Waals surface area contributed by atoms with Crippen molar-refractivity contribution in [2.45, 2.75) is 26.6 Å². The zero-order chi connectivity index (χ0) is 13.1. The molecule has 0 amide bonds. The van der Waals surface area contributed by atoms with E-state index in [2.05, 4.69) is 10.3 Å². The van der Waals surface area contributed by atoms with Crippen LogP contribution in [0.2, 0.25) is 0 Å². The first-order valence-electron chi connectivity index (χ1n) is 5.83. The normalized spacial score (nSPS) is 12.4. The van der Waals surface area contributed by atoms with Gasteiger partial charge in [0.25, 0.3) is 0 Å². The number of hydrogen-bond donors (Lipinski definition) is 1. The second-order valence-electron chi connectivity index (χ2n) is 4.39. The highest BCUT2D eigenvalue weighted by atomic mass is 16.5. The predicted octanol–water partition coefficient (Wildman–Crippen LogP) is 1.76. The summed E-state index contributed by atoms with van der Waals surface area (Å²) >= 11 is 0. The van der Waals surface area contributed by atoms with Gasteiger partial charge in [-0.25, -0.2) is 0 Å². The molecule has 96 valence electrons. The van der Waals surface area contributed by atoms with Gasteiger partial charge < -0.3 is 9.84 Å². The smallest absolute Gasteiger partial charge is 0.134 e. The number of hydrogen-bond acceptors (Lipinski definition) is 4. The lowest BCUT2D eigenvalue weighted by Gasteiger charge is -2.13. The fraction of sp³-hybridized carbons (Fsp3) is 0.385.